The maximum Gasteiger partial charge on any atom is 0.255 e. The third kappa shape index (κ3) is 5.55. The molecule has 0 bridgehead atoms. The van der Waals surface area contributed by atoms with E-state index in [-0.39, 0.29) is 42.9 Å². The first-order valence-electron chi connectivity index (χ1n) is 13.0. The molecular weight excluding hydrogens is 565 g/mol. The lowest BCUT2D eigenvalue weighted by atomic mass is 9.83. The van der Waals surface area contributed by atoms with Crippen LogP contribution in [0.2, 0.25) is 5.02 Å². The van der Waals surface area contributed by atoms with Crippen LogP contribution >= 0.6 is 11.6 Å². The molecule has 12 heteroatoms. The van der Waals surface area contributed by atoms with E-state index in [1.165, 1.54) is 24.3 Å². The molecule has 5 N–H and O–H groups in total. The number of nitrogens with zero attached hydrogens (tertiary/aromatic N) is 2. The molecule has 0 unspecified atom stereocenters. The Morgan fingerprint density at radius 1 is 1.17 bits per heavy atom. The van der Waals surface area contributed by atoms with Gasteiger partial charge in [-0.15, -0.1) is 0 Å². The molecule has 3 heterocycles. The van der Waals surface area contributed by atoms with Gasteiger partial charge in [-0.05, 0) is 61.9 Å². The van der Waals surface area contributed by atoms with Crippen molar-refractivity contribution in [2.24, 2.45) is 11.5 Å². The van der Waals surface area contributed by atoms with Crippen LogP contribution < -0.4 is 26.3 Å². The Morgan fingerprint density at radius 3 is 2.67 bits per heavy atom. The van der Waals surface area contributed by atoms with Gasteiger partial charge in [0.05, 0.1) is 5.02 Å². The van der Waals surface area contributed by atoms with Crippen LogP contribution in [0.25, 0.3) is 22.2 Å². The molecule has 5 rings (SSSR count). The molecule has 2 aromatic heterocycles. The fourth-order valence-corrected chi connectivity index (χ4v) is 4.91. The van der Waals surface area contributed by atoms with Gasteiger partial charge in [-0.3, -0.25) is 19.4 Å². The second-order valence-electron chi connectivity index (χ2n) is 10.3. The van der Waals surface area contributed by atoms with Crippen molar-refractivity contribution in [1.29, 1.82) is 0 Å². The normalized spacial score (nSPS) is 15.6. The van der Waals surface area contributed by atoms with Crippen molar-refractivity contribution in [3.8, 4) is 22.8 Å². The minimum Gasteiger partial charge on any atom is -0.489 e. The minimum atomic E-state index is -1.10. The third-order valence-electron chi connectivity index (χ3n) is 7.05. The number of halogens is 2. The number of aromatic nitrogens is 2. The van der Waals surface area contributed by atoms with E-state index in [1.807, 2.05) is 13.0 Å². The monoisotopic (exact) mass is 591 g/mol. The van der Waals surface area contributed by atoms with Gasteiger partial charge < -0.3 is 26.3 Å². The zero-order valence-corrected chi connectivity index (χ0v) is 23.5. The number of fused-ring (bicyclic) bond motifs is 2. The third-order valence-corrected chi connectivity index (χ3v) is 7.34. The summed E-state index contributed by atoms with van der Waals surface area (Å²) in [6.45, 7) is 3.40. The Bertz CT molecular complexity index is 1760. The van der Waals surface area contributed by atoms with Crippen molar-refractivity contribution < 1.29 is 28.2 Å². The summed E-state index contributed by atoms with van der Waals surface area (Å²) in [4.78, 5) is 45.9. The second kappa shape index (κ2) is 11.2. The number of amides is 3. The predicted octanol–water partition coefficient (Wildman–Crippen LogP) is 3.37. The number of hydrogen-bond donors (Lipinski definition) is 3. The highest BCUT2D eigenvalue weighted by Gasteiger charge is 2.43. The maximum atomic E-state index is 13.9. The predicted molar refractivity (Wildman–Crippen MR) is 154 cm³/mol. The molecule has 216 valence electrons. The summed E-state index contributed by atoms with van der Waals surface area (Å²) in [6.07, 6.45) is 1.94. The van der Waals surface area contributed by atoms with Crippen LogP contribution in [-0.4, -0.2) is 47.4 Å². The minimum absolute atomic E-state index is 0.0257. The smallest absolute Gasteiger partial charge is 0.255 e. The van der Waals surface area contributed by atoms with Crippen LogP contribution in [0.3, 0.4) is 0 Å². The van der Waals surface area contributed by atoms with Crippen molar-refractivity contribution in [2.45, 2.75) is 25.7 Å². The molecule has 1 aliphatic heterocycles. The number of carbonyl (C=O) groups is 3. The van der Waals surface area contributed by atoms with Gasteiger partial charge in [-0.25, -0.2) is 9.37 Å². The second-order valence-corrected chi connectivity index (χ2v) is 10.7. The lowest BCUT2D eigenvalue weighted by molar-refractivity contribution is -0.123. The standard InChI is InChI=1S/C30H27ClFN5O5/c1-15-7-17-8-18(10-23(25(17)36-12-15)41-13-24(33)38)28(39)35-6-5-19-11-20-27(42-14-30(20,2)29(34)40)26(37-19)16-3-4-22(32)21(31)9-16/h3-4,7-12H,5-6,13-14H2,1-2H3,(H2,33,38)(H2,34,40)(H,35,39)/t30-/m0/s1. The van der Waals surface area contributed by atoms with Crippen LogP contribution in [0.4, 0.5) is 4.39 Å². The van der Waals surface area contributed by atoms with Gasteiger partial charge in [-0.1, -0.05) is 11.6 Å². The first kappa shape index (κ1) is 28.7. The molecule has 3 amide bonds. The molecule has 1 aliphatic rings. The molecule has 0 radical (unpaired) electrons. The first-order valence-corrected chi connectivity index (χ1v) is 13.4. The molecule has 4 aromatic rings. The quantitative estimate of drug-likeness (QED) is 0.269. The lowest BCUT2D eigenvalue weighted by Crippen LogP contribution is -2.39. The molecule has 0 saturated carbocycles. The van der Waals surface area contributed by atoms with Gasteiger partial charge >= 0.3 is 0 Å². The van der Waals surface area contributed by atoms with Crippen molar-refractivity contribution in [2.75, 3.05) is 19.8 Å². The molecular formula is C30H27ClFN5O5. The zero-order valence-electron chi connectivity index (χ0n) is 22.8. The number of nitrogens with one attached hydrogen (secondary N) is 1. The van der Waals surface area contributed by atoms with Crippen LogP contribution in [0.5, 0.6) is 11.5 Å². The summed E-state index contributed by atoms with van der Waals surface area (Å²) in [5.41, 5.74) is 13.5. The van der Waals surface area contributed by atoms with Gasteiger partial charge in [-0.2, -0.15) is 0 Å². The molecule has 0 fully saturated rings. The average Bonchev–Trinajstić information content (AvgIpc) is 3.30. The highest BCUT2D eigenvalue weighted by molar-refractivity contribution is 6.31. The number of aryl methyl sites for hydroxylation is 1. The number of carbonyl (C=O) groups excluding carboxylic acids is 3. The highest BCUT2D eigenvalue weighted by Crippen LogP contribution is 2.44. The first-order chi connectivity index (χ1) is 20.0. The molecule has 10 nitrogen and oxygen atoms in total. The maximum absolute atomic E-state index is 13.9. The number of pyridine rings is 2. The SMILES string of the molecule is Cc1cnc2c(OCC(N)=O)cc(C(=O)NCCc3cc4c(c(-c5ccc(F)c(Cl)c5)n3)OC[C@]4(C)C(N)=O)cc2c1. The topological polar surface area (TPSA) is 160 Å². The van der Waals surface area contributed by atoms with E-state index in [0.717, 1.165) is 5.56 Å². The summed E-state index contributed by atoms with van der Waals surface area (Å²) in [7, 11) is 0. The van der Waals surface area contributed by atoms with Gasteiger partial charge in [0.2, 0.25) is 5.91 Å². The summed E-state index contributed by atoms with van der Waals surface area (Å²) < 4.78 is 25.3. The summed E-state index contributed by atoms with van der Waals surface area (Å²) in [5, 5.41) is 3.44. The van der Waals surface area contributed by atoms with E-state index in [9.17, 15) is 18.8 Å². The molecule has 0 saturated heterocycles. The lowest BCUT2D eigenvalue weighted by Gasteiger charge is -2.19. The van der Waals surface area contributed by atoms with Crippen molar-refractivity contribution >= 4 is 40.2 Å². The largest absolute Gasteiger partial charge is 0.489 e. The van der Waals surface area contributed by atoms with E-state index >= 15 is 0 Å². The van der Waals surface area contributed by atoms with Gasteiger partial charge in [0.1, 0.15) is 40.5 Å². The number of rotatable bonds is 9. The number of hydrogen-bond acceptors (Lipinski definition) is 7. The van der Waals surface area contributed by atoms with E-state index in [4.69, 9.17) is 37.5 Å². The van der Waals surface area contributed by atoms with Gasteiger partial charge in [0, 0.05) is 46.9 Å². The molecule has 1 atom stereocenters. The average molecular weight is 592 g/mol. The van der Waals surface area contributed by atoms with Crippen molar-refractivity contribution in [3.05, 3.63) is 81.9 Å². The van der Waals surface area contributed by atoms with E-state index in [2.05, 4.69) is 10.3 Å². The van der Waals surface area contributed by atoms with Crippen LogP contribution in [0.1, 0.15) is 34.1 Å². The Morgan fingerprint density at radius 2 is 1.95 bits per heavy atom. The number of primary amides is 2. The van der Waals surface area contributed by atoms with Gasteiger partial charge in [0.15, 0.2) is 6.61 Å². The molecule has 0 spiro atoms. The number of benzene rings is 2. The van der Waals surface area contributed by atoms with E-state index in [1.54, 1.807) is 25.3 Å². The van der Waals surface area contributed by atoms with Crippen LogP contribution in [0.15, 0.2) is 48.7 Å². The Balaban J connectivity index is 1.42. The fraction of sp³-hybridized carbons (Fsp3) is 0.233. The van der Waals surface area contributed by atoms with E-state index in [0.29, 0.717) is 44.7 Å². The van der Waals surface area contributed by atoms with Crippen molar-refractivity contribution in [3.63, 3.8) is 0 Å². The Kier molecular flexibility index (Phi) is 7.70. The van der Waals surface area contributed by atoms with E-state index < -0.39 is 23.0 Å². The van der Waals surface area contributed by atoms with Crippen molar-refractivity contribution in [1.82, 2.24) is 15.3 Å². The zero-order chi connectivity index (χ0) is 30.2. The number of nitrogens with two attached hydrogens (primary N) is 2. The Labute approximate surface area is 245 Å². The summed E-state index contributed by atoms with van der Waals surface area (Å²) >= 11 is 6.03. The summed E-state index contributed by atoms with van der Waals surface area (Å²) in [5.74, 6) is -1.57. The van der Waals surface area contributed by atoms with Crippen LogP contribution in [-0.2, 0) is 21.4 Å². The molecule has 2 aromatic carbocycles. The fourth-order valence-electron chi connectivity index (χ4n) is 4.73. The summed E-state index contributed by atoms with van der Waals surface area (Å²) in [6, 6.07) is 10.9. The molecule has 0 aliphatic carbocycles. The highest BCUT2D eigenvalue weighted by atomic mass is 35.5. The molecule has 42 heavy (non-hydrogen) atoms. The number of ether oxygens (including phenoxy) is 2. The van der Waals surface area contributed by atoms with Crippen LogP contribution in [0, 0.1) is 12.7 Å². The Hall–Kier alpha value is -4.77. The van der Waals surface area contributed by atoms with Gasteiger partial charge in [0.25, 0.3) is 11.8 Å².